The molecule has 1 saturated carbocycles. The van der Waals surface area contributed by atoms with E-state index in [1.54, 1.807) is 0 Å². The smallest absolute Gasteiger partial charge is 0.309 e. The molecule has 2 rings (SSSR count). The summed E-state index contributed by atoms with van der Waals surface area (Å²) in [6, 6.07) is 0. The Morgan fingerprint density at radius 1 is 1.37 bits per heavy atom. The van der Waals surface area contributed by atoms with Gasteiger partial charge in [-0.2, -0.15) is 0 Å². The van der Waals surface area contributed by atoms with E-state index in [1.165, 1.54) is 12.8 Å². The molecule has 2 fully saturated rings. The summed E-state index contributed by atoms with van der Waals surface area (Å²) in [5.41, 5.74) is -0.433. The van der Waals surface area contributed by atoms with Gasteiger partial charge in [0.1, 0.15) is 0 Å². The number of hydrogen-bond acceptors (Lipinski definition) is 2. The van der Waals surface area contributed by atoms with E-state index in [-0.39, 0.29) is 0 Å². The molecule has 19 heavy (non-hydrogen) atoms. The normalized spacial score (nSPS) is 35.4. The highest BCUT2D eigenvalue weighted by molar-refractivity contribution is 5.74. The van der Waals surface area contributed by atoms with Crippen molar-refractivity contribution in [2.75, 3.05) is 6.61 Å². The highest BCUT2D eigenvalue weighted by Gasteiger charge is 2.41. The molecule has 1 N–H and O–H groups in total. The first kappa shape index (κ1) is 14.8. The van der Waals surface area contributed by atoms with Crippen LogP contribution in [-0.4, -0.2) is 23.8 Å². The van der Waals surface area contributed by atoms with Gasteiger partial charge in [-0.25, -0.2) is 0 Å². The molecule has 1 aliphatic carbocycles. The van der Waals surface area contributed by atoms with Crippen molar-refractivity contribution in [3.63, 3.8) is 0 Å². The van der Waals surface area contributed by atoms with E-state index >= 15 is 0 Å². The first-order chi connectivity index (χ1) is 9.16. The van der Waals surface area contributed by atoms with Crippen molar-refractivity contribution in [2.45, 2.75) is 77.2 Å². The summed E-state index contributed by atoms with van der Waals surface area (Å²) in [7, 11) is 0. The van der Waals surface area contributed by atoms with Gasteiger partial charge in [0.05, 0.1) is 11.5 Å². The third kappa shape index (κ3) is 3.71. The molecule has 3 nitrogen and oxygen atoms in total. The maximum atomic E-state index is 11.7. The van der Waals surface area contributed by atoms with Gasteiger partial charge in [0.15, 0.2) is 0 Å². The van der Waals surface area contributed by atoms with Crippen molar-refractivity contribution in [3.05, 3.63) is 0 Å². The Morgan fingerprint density at radius 2 is 2.21 bits per heavy atom. The molecular weight excluding hydrogens is 240 g/mol. The van der Waals surface area contributed by atoms with Gasteiger partial charge in [0.25, 0.3) is 0 Å². The zero-order chi connectivity index (χ0) is 13.7. The van der Waals surface area contributed by atoms with E-state index in [0.717, 1.165) is 58.0 Å². The molecule has 3 unspecified atom stereocenters. The third-order valence-corrected chi connectivity index (χ3v) is 5.18. The molecular formula is C16H28O3. The molecule has 0 bridgehead atoms. The average molecular weight is 268 g/mol. The van der Waals surface area contributed by atoms with Gasteiger partial charge in [-0.15, -0.1) is 0 Å². The van der Waals surface area contributed by atoms with E-state index in [9.17, 15) is 9.90 Å². The minimum atomic E-state index is -0.557. The number of rotatable bonds is 6. The minimum absolute atomic E-state index is 0.399. The highest BCUT2D eigenvalue weighted by atomic mass is 16.5. The van der Waals surface area contributed by atoms with E-state index in [4.69, 9.17) is 4.74 Å². The second kappa shape index (κ2) is 6.74. The summed E-state index contributed by atoms with van der Waals surface area (Å²) >= 11 is 0. The second-order valence-corrected chi connectivity index (χ2v) is 6.48. The zero-order valence-electron chi connectivity index (χ0n) is 12.2. The molecule has 0 aromatic heterocycles. The van der Waals surface area contributed by atoms with Crippen LogP contribution in [0.4, 0.5) is 0 Å². The van der Waals surface area contributed by atoms with Crippen LogP contribution >= 0.6 is 0 Å². The van der Waals surface area contributed by atoms with Gasteiger partial charge in [0, 0.05) is 6.61 Å². The fourth-order valence-corrected chi connectivity index (χ4v) is 3.90. The fraction of sp³-hybridized carbons (Fsp3) is 0.938. The Balaban J connectivity index is 1.85. The fourth-order valence-electron chi connectivity index (χ4n) is 3.90. The summed E-state index contributed by atoms with van der Waals surface area (Å²) in [6.07, 6.45) is 10.8. The molecule has 3 heteroatoms. The molecule has 0 spiro atoms. The predicted molar refractivity (Wildman–Crippen MR) is 75.1 cm³/mol. The van der Waals surface area contributed by atoms with Crippen molar-refractivity contribution < 1.29 is 14.6 Å². The Labute approximate surface area is 116 Å². The van der Waals surface area contributed by atoms with Crippen LogP contribution in [0.3, 0.4) is 0 Å². The maximum absolute atomic E-state index is 11.7. The molecule has 1 heterocycles. The summed E-state index contributed by atoms with van der Waals surface area (Å²) in [5.74, 6) is 0.0607. The average Bonchev–Trinajstić information content (AvgIpc) is 2.92. The predicted octanol–water partition coefficient (Wildman–Crippen LogP) is 4.01. The molecule has 0 radical (unpaired) electrons. The molecule has 1 saturated heterocycles. The van der Waals surface area contributed by atoms with Gasteiger partial charge < -0.3 is 9.84 Å². The van der Waals surface area contributed by atoms with Gasteiger partial charge in [-0.05, 0) is 50.9 Å². The van der Waals surface area contributed by atoms with E-state index in [1.807, 2.05) is 0 Å². The van der Waals surface area contributed by atoms with Crippen LogP contribution in [0.15, 0.2) is 0 Å². The van der Waals surface area contributed by atoms with Crippen LogP contribution in [0.25, 0.3) is 0 Å². The lowest BCUT2D eigenvalue weighted by Crippen LogP contribution is -2.36. The lowest BCUT2D eigenvalue weighted by atomic mass is 9.66. The first-order valence-electron chi connectivity index (χ1n) is 8.01. The standard InChI is InChI=1S/C16H28O3/c1-2-13-6-3-9-16(12-13,15(17)18)10-4-7-14-8-5-11-19-14/h13-14H,2-12H2,1H3,(H,17,18). The first-order valence-corrected chi connectivity index (χ1v) is 8.01. The summed E-state index contributed by atoms with van der Waals surface area (Å²) in [4.78, 5) is 11.7. The zero-order valence-corrected chi connectivity index (χ0v) is 12.2. The van der Waals surface area contributed by atoms with E-state index in [0.29, 0.717) is 12.0 Å². The Morgan fingerprint density at radius 3 is 2.84 bits per heavy atom. The lowest BCUT2D eigenvalue weighted by molar-refractivity contribution is -0.153. The third-order valence-electron chi connectivity index (χ3n) is 5.18. The number of aliphatic carboxylic acids is 1. The van der Waals surface area contributed by atoms with Crippen LogP contribution in [0, 0.1) is 11.3 Å². The van der Waals surface area contributed by atoms with Crippen LogP contribution in [0.5, 0.6) is 0 Å². The SMILES string of the molecule is CCC1CCCC(CCCC2CCCO2)(C(=O)O)C1. The minimum Gasteiger partial charge on any atom is -0.481 e. The molecule has 2 aliphatic rings. The van der Waals surface area contributed by atoms with Gasteiger partial charge in [0.2, 0.25) is 0 Å². The van der Waals surface area contributed by atoms with Crippen molar-refractivity contribution in [1.82, 2.24) is 0 Å². The largest absolute Gasteiger partial charge is 0.481 e. The number of hydrogen-bond donors (Lipinski definition) is 1. The number of carboxylic acid groups (broad SMARTS) is 1. The summed E-state index contributed by atoms with van der Waals surface area (Å²) < 4.78 is 5.63. The number of carbonyl (C=O) groups is 1. The molecule has 110 valence electrons. The van der Waals surface area contributed by atoms with Gasteiger partial charge in [-0.1, -0.05) is 26.2 Å². The Bertz CT molecular complexity index is 296. The Kier molecular flexibility index (Phi) is 5.26. The molecule has 1 aliphatic heterocycles. The maximum Gasteiger partial charge on any atom is 0.309 e. The second-order valence-electron chi connectivity index (χ2n) is 6.48. The molecule has 0 amide bonds. The molecule has 3 atom stereocenters. The van der Waals surface area contributed by atoms with Gasteiger partial charge >= 0.3 is 5.97 Å². The van der Waals surface area contributed by atoms with Crippen LogP contribution in [-0.2, 0) is 9.53 Å². The molecule has 0 aromatic carbocycles. The van der Waals surface area contributed by atoms with E-state index in [2.05, 4.69) is 6.92 Å². The number of ether oxygens (including phenoxy) is 1. The van der Waals surface area contributed by atoms with E-state index < -0.39 is 11.4 Å². The van der Waals surface area contributed by atoms with Crippen LogP contribution in [0.1, 0.15) is 71.1 Å². The quantitative estimate of drug-likeness (QED) is 0.791. The van der Waals surface area contributed by atoms with Crippen molar-refractivity contribution in [2.24, 2.45) is 11.3 Å². The van der Waals surface area contributed by atoms with Crippen molar-refractivity contribution in [3.8, 4) is 0 Å². The Hall–Kier alpha value is -0.570. The van der Waals surface area contributed by atoms with Crippen molar-refractivity contribution >= 4 is 5.97 Å². The van der Waals surface area contributed by atoms with Crippen molar-refractivity contribution in [1.29, 1.82) is 0 Å². The lowest BCUT2D eigenvalue weighted by Gasteiger charge is -2.37. The van der Waals surface area contributed by atoms with Crippen LogP contribution in [0.2, 0.25) is 0 Å². The van der Waals surface area contributed by atoms with Gasteiger partial charge in [-0.3, -0.25) is 4.79 Å². The highest BCUT2D eigenvalue weighted by Crippen LogP contribution is 2.44. The van der Waals surface area contributed by atoms with Crippen LogP contribution < -0.4 is 0 Å². The summed E-state index contributed by atoms with van der Waals surface area (Å²) in [5, 5.41) is 9.66. The molecule has 0 aromatic rings. The number of carboxylic acids is 1. The topological polar surface area (TPSA) is 46.5 Å². The monoisotopic (exact) mass is 268 g/mol. The summed E-state index contributed by atoms with van der Waals surface area (Å²) in [6.45, 7) is 3.08.